The number of nitrogens with one attached hydrogen (secondary N) is 3. The molecule has 1 heterocycles. The molecule has 286 valence electrons. The van der Waals surface area contributed by atoms with Crippen LogP contribution in [-0.4, -0.2) is 109 Å². The fourth-order valence-corrected chi connectivity index (χ4v) is 34.8. The standard InChI is InChI=1S/C29H52GeN8S3.7ClH/c31-11-4-14-34-18-22-39-30(40-23-19-35-15-5-12-32,41-24-20-36-16-6-13-33)38-21-17-37-29(38)25-27-9-3-8-26-7-1-2-10-28(26)27;;;;;;;/h1-3,7-10,34-36H,4-6,11-25,31-33H2;7*1H. The zero-order valence-corrected chi connectivity index (χ0v) is 37.7. The van der Waals surface area contributed by atoms with E-state index in [2.05, 4.69) is 92.5 Å². The van der Waals surface area contributed by atoms with Crippen LogP contribution in [0.15, 0.2) is 47.5 Å². The maximum atomic E-state index is 5.72. The number of fused-ring (bicyclic) bond motifs is 1. The topological polar surface area (TPSA) is 130 Å². The summed E-state index contributed by atoms with van der Waals surface area (Å²) in [6.45, 7) is 10.2. The Bertz CT molecular complexity index is 998. The first-order valence-corrected chi connectivity index (χ1v) is 26.8. The summed E-state index contributed by atoms with van der Waals surface area (Å²) in [4.78, 5) is 5.15. The van der Waals surface area contributed by atoms with Crippen molar-refractivity contribution in [3.63, 3.8) is 0 Å². The maximum absolute atomic E-state index is 5.72. The van der Waals surface area contributed by atoms with Crippen molar-refractivity contribution in [2.75, 3.05) is 89.3 Å². The van der Waals surface area contributed by atoms with Crippen LogP contribution in [0.1, 0.15) is 24.8 Å². The summed E-state index contributed by atoms with van der Waals surface area (Å²) in [6.07, 6.45) is 3.97. The van der Waals surface area contributed by atoms with E-state index in [-0.39, 0.29) is 86.8 Å². The third-order valence-corrected chi connectivity index (χ3v) is 36.8. The molecule has 2 aromatic rings. The van der Waals surface area contributed by atoms with Crippen LogP contribution in [0.25, 0.3) is 10.8 Å². The molecule has 19 heteroatoms. The normalized spacial score (nSPS) is 11.8. The molecule has 0 saturated carbocycles. The fourth-order valence-electron chi connectivity index (χ4n) is 4.73. The third-order valence-electron chi connectivity index (χ3n) is 6.85. The van der Waals surface area contributed by atoms with Gasteiger partial charge in [-0.15, -0.1) is 86.8 Å². The number of benzene rings is 2. The average Bonchev–Trinajstić information content (AvgIpc) is 3.47. The van der Waals surface area contributed by atoms with E-state index in [1.807, 2.05) is 0 Å². The van der Waals surface area contributed by atoms with Gasteiger partial charge in [0, 0.05) is 0 Å². The molecular weight excluding hydrogens is 877 g/mol. The second-order valence-electron chi connectivity index (χ2n) is 10.0. The van der Waals surface area contributed by atoms with Gasteiger partial charge in [0.05, 0.1) is 0 Å². The van der Waals surface area contributed by atoms with E-state index in [4.69, 9.17) is 22.2 Å². The van der Waals surface area contributed by atoms with Gasteiger partial charge < -0.3 is 0 Å². The number of nitrogens with zero attached hydrogens (tertiary/aromatic N) is 2. The first-order valence-electron chi connectivity index (χ1n) is 15.2. The summed E-state index contributed by atoms with van der Waals surface area (Å²) in [5, 5.41) is 13.5. The molecule has 1 aliphatic rings. The number of amidine groups is 1. The molecule has 0 bridgehead atoms. The Hall–Kier alpha value is 1.55. The average molecular weight is 937 g/mol. The first-order chi connectivity index (χ1) is 20.2. The van der Waals surface area contributed by atoms with Crippen LogP contribution in [0.2, 0.25) is 0 Å². The molecule has 0 radical (unpaired) electrons. The molecule has 8 nitrogen and oxygen atoms in total. The molecule has 3 rings (SSSR count). The molecule has 2 aromatic carbocycles. The van der Waals surface area contributed by atoms with Gasteiger partial charge >= 0.3 is 262 Å². The molecule has 0 atom stereocenters. The molecule has 1 aliphatic heterocycles. The van der Waals surface area contributed by atoms with Crippen LogP contribution < -0.4 is 33.2 Å². The van der Waals surface area contributed by atoms with Gasteiger partial charge in [-0.3, -0.25) is 0 Å². The molecule has 9 N–H and O–H groups in total. The number of halogens is 7. The minimum atomic E-state index is -2.77. The summed E-state index contributed by atoms with van der Waals surface area (Å²) in [5.41, 5.74) is 18.5. The van der Waals surface area contributed by atoms with Crippen molar-refractivity contribution in [1.82, 2.24) is 19.8 Å². The van der Waals surface area contributed by atoms with Gasteiger partial charge in [-0.05, 0) is 0 Å². The second-order valence-corrected chi connectivity index (χ2v) is 34.1. The Labute approximate surface area is 345 Å². The molecule has 0 unspecified atom stereocenters. The van der Waals surface area contributed by atoms with Crippen molar-refractivity contribution < 1.29 is 0 Å². The van der Waals surface area contributed by atoms with Crippen LogP contribution in [0, 0.1) is 0 Å². The monoisotopic (exact) mass is 934 g/mol. The summed E-state index contributed by atoms with van der Waals surface area (Å²) < 4.78 is 2.81. The fraction of sp³-hybridized carbons (Fsp3) is 0.621. The number of rotatable bonds is 24. The second kappa shape index (κ2) is 36.9. The predicted molar refractivity (Wildman–Crippen MR) is 240 cm³/mol. The van der Waals surface area contributed by atoms with Crippen molar-refractivity contribution in [3.05, 3.63) is 48.0 Å². The van der Waals surface area contributed by atoms with E-state index in [1.165, 1.54) is 22.2 Å². The number of aliphatic imine (C=N–C) groups is 1. The Balaban J connectivity index is -0.000000880. The van der Waals surface area contributed by atoms with Crippen molar-refractivity contribution in [2.45, 2.75) is 25.7 Å². The molecular formula is C29H59Cl7GeN8S3. The van der Waals surface area contributed by atoms with Gasteiger partial charge in [0.15, 0.2) is 0 Å². The third kappa shape index (κ3) is 21.3. The van der Waals surface area contributed by atoms with Crippen molar-refractivity contribution in [3.8, 4) is 0 Å². The Morgan fingerprint density at radius 2 is 1.08 bits per heavy atom. The van der Waals surface area contributed by atoms with Crippen LogP contribution in [0.4, 0.5) is 0 Å². The van der Waals surface area contributed by atoms with Crippen molar-refractivity contribution in [2.24, 2.45) is 22.2 Å². The Kier molecular flexibility index (Phi) is 45.2. The van der Waals surface area contributed by atoms with Crippen molar-refractivity contribution >= 4 is 144 Å². The van der Waals surface area contributed by atoms with Gasteiger partial charge in [-0.2, -0.15) is 0 Å². The molecule has 0 aromatic heterocycles. The van der Waals surface area contributed by atoms with E-state index >= 15 is 0 Å². The minimum absolute atomic E-state index is 0. The van der Waals surface area contributed by atoms with Crippen LogP contribution >= 0.6 is 117 Å². The number of nitrogens with two attached hydrogens (primary N) is 3. The van der Waals surface area contributed by atoms with Gasteiger partial charge in [-0.25, -0.2) is 0 Å². The van der Waals surface area contributed by atoms with E-state index in [9.17, 15) is 0 Å². The molecule has 0 spiro atoms. The number of hydrogen-bond acceptors (Lipinski definition) is 11. The zero-order valence-electron chi connectivity index (χ0n) is 27.5. The van der Waals surface area contributed by atoms with E-state index in [0.717, 1.165) is 115 Å². The van der Waals surface area contributed by atoms with Crippen molar-refractivity contribution in [1.29, 1.82) is 0 Å². The first kappa shape index (κ1) is 58.9. The van der Waals surface area contributed by atoms with Gasteiger partial charge in [-0.1, -0.05) is 0 Å². The SMILES string of the molecule is Cl.Cl.Cl.Cl.Cl.Cl.Cl.NCCCNCC[S][Ge]([S]CCNCCCN)([S]CCNCCCN)[N]1CCN=C1Cc1cccc2ccccc12. The van der Waals surface area contributed by atoms with E-state index in [0.29, 0.717) is 0 Å². The van der Waals surface area contributed by atoms with Crippen LogP contribution in [0.5, 0.6) is 0 Å². The zero-order chi connectivity index (χ0) is 29.0. The molecule has 48 heavy (non-hydrogen) atoms. The summed E-state index contributed by atoms with van der Waals surface area (Å²) in [6, 6.07) is 15.4. The summed E-state index contributed by atoms with van der Waals surface area (Å²) >= 11 is 0. The number of hydrogen-bond donors (Lipinski definition) is 6. The predicted octanol–water partition coefficient (Wildman–Crippen LogP) is 5.50. The summed E-state index contributed by atoms with van der Waals surface area (Å²) in [7, 11) is 3.97. The van der Waals surface area contributed by atoms with Crippen LogP contribution in [0.3, 0.4) is 0 Å². The van der Waals surface area contributed by atoms with Gasteiger partial charge in [0.2, 0.25) is 0 Å². The molecule has 0 amide bonds. The molecule has 0 aliphatic carbocycles. The molecule has 0 fully saturated rings. The Morgan fingerprint density at radius 1 is 0.625 bits per heavy atom. The Morgan fingerprint density at radius 3 is 1.56 bits per heavy atom. The van der Waals surface area contributed by atoms with Gasteiger partial charge in [0.1, 0.15) is 0 Å². The molecule has 0 saturated heterocycles. The van der Waals surface area contributed by atoms with E-state index < -0.39 is 10.1 Å². The van der Waals surface area contributed by atoms with Crippen LogP contribution in [-0.2, 0) is 6.42 Å². The van der Waals surface area contributed by atoms with Gasteiger partial charge in [0.25, 0.3) is 0 Å². The summed E-state index contributed by atoms with van der Waals surface area (Å²) in [5.74, 6) is 4.63. The van der Waals surface area contributed by atoms with E-state index in [1.54, 1.807) is 0 Å². The quantitative estimate of drug-likeness (QED) is 0.0594.